The van der Waals surface area contributed by atoms with Gasteiger partial charge in [0.25, 0.3) is 0 Å². The molecule has 0 aliphatic rings. The van der Waals surface area contributed by atoms with Crippen molar-refractivity contribution >= 4 is 6.40 Å². The molecular weight excluding hydrogens is 132 g/mol. The molecule has 60 valence electrons. The Hall–Kier alpha value is -0.610. The summed E-state index contributed by atoms with van der Waals surface area (Å²) in [5, 5.41) is 8.13. The van der Waals surface area contributed by atoms with Crippen molar-refractivity contribution in [1.29, 1.82) is 0 Å². The van der Waals surface area contributed by atoms with Crippen LogP contribution < -0.4 is 5.48 Å². The van der Waals surface area contributed by atoms with Crippen LogP contribution in [0.25, 0.3) is 0 Å². The molecule has 2 N–H and O–H groups in total. The smallest absolute Gasteiger partial charge is 0.169 e. The maximum atomic E-state index is 8.13. The number of hydroxylamine groups is 1. The fraction of sp³-hybridized carbons (Fsp3) is 0.833. The van der Waals surface area contributed by atoms with Crippen molar-refractivity contribution in [2.45, 2.75) is 13.3 Å². The molecule has 0 saturated heterocycles. The Kier molecular flexibility index (Phi) is 7.88. The van der Waals surface area contributed by atoms with E-state index in [1.807, 2.05) is 12.4 Å². The number of ether oxygens (including phenoxy) is 1. The van der Waals surface area contributed by atoms with Gasteiger partial charge < -0.3 is 9.94 Å². The first-order valence-electron chi connectivity index (χ1n) is 3.38. The highest BCUT2D eigenvalue weighted by atomic mass is 16.5. The van der Waals surface area contributed by atoms with Gasteiger partial charge in [0.05, 0.1) is 6.61 Å². The highest BCUT2D eigenvalue weighted by Gasteiger charge is 1.82. The van der Waals surface area contributed by atoms with E-state index in [-0.39, 0.29) is 0 Å². The van der Waals surface area contributed by atoms with Crippen LogP contribution in [0.5, 0.6) is 0 Å². The lowest BCUT2D eigenvalue weighted by Gasteiger charge is -1.97. The highest BCUT2D eigenvalue weighted by Crippen LogP contribution is 1.76. The zero-order valence-electron chi connectivity index (χ0n) is 6.21. The zero-order chi connectivity index (χ0) is 7.66. The van der Waals surface area contributed by atoms with Gasteiger partial charge in [-0.15, -0.1) is 0 Å². The molecule has 0 amide bonds. The molecule has 0 aromatic rings. The van der Waals surface area contributed by atoms with E-state index in [4.69, 9.17) is 9.94 Å². The molecule has 0 aromatic heterocycles. The second-order valence-electron chi connectivity index (χ2n) is 1.74. The van der Waals surface area contributed by atoms with Gasteiger partial charge in [-0.1, -0.05) is 0 Å². The summed E-state index contributed by atoms with van der Waals surface area (Å²) in [5.74, 6) is 0. The van der Waals surface area contributed by atoms with E-state index in [1.165, 1.54) is 6.40 Å². The van der Waals surface area contributed by atoms with E-state index in [0.29, 0.717) is 13.2 Å². The summed E-state index contributed by atoms with van der Waals surface area (Å²) in [6, 6.07) is 0. The summed E-state index contributed by atoms with van der Waals surface area (Å²) >= 11 is 0. The van der Waals surface area contributed by atoms with Crippen LogP contribution in [0.1, 0.15) is 13.3 Å². The van der Waals surface area contributed by atoms with Crippen LogP contribution in [0, 0.1) is 0 Å². The lowest BCUT2D eigenvalue weighted by molar-refractivity contribution is 0.157. The van der Waals surface area contributed by atoms with Gasteiger partial charge >= 0.3 is 0 Å². The van der Waals surface area contributed by atoms with Crippen LogP contribution in [-0.2, 0) is 4.74 Å². The van der Waals surface area contributed by atoms with Crippen LogP contribution in [0.15, 0.2) is 4.99 Å². The Labute approximate surface area is 60.9 Å². The number of hydrogen-bond donors (Lipinski definition) is 2. The monoisotopic (exact) mass is 146 g/mol. The van der Waals surface area contributed by atoms with Crippen molar-refractivity contribution < 1.29 is 9.94 Å². The minimum absolute atomic E-state index is 0.556. The maximum Gasteiger partial charge on any atom is 0.169 e. The fourth-order valence-electron chi connectivity index (χ4n) is 0.415. The SMILES string of the molecule is CCN=COCCCNO. The van der Waals surface area contributed by atoms with Crippen molar-refractivity contribution in [2.75, 3.05) is 19.7 Å². The van der Waals surface area contributed by atoms with E-state index in [0.717, 1.165) is 13.0 Å². The van der Waals surface area contributed by atoms with Gasteiger partial charge in [0.2, 0.25) is 0 Å². The highest BCUT2D eigenvalue weighted by molar-refractivity contribution is 5.45. The Bertz CT molecular complexity index is 85.8. The zero-order valence-corrected chi connectivity index (χ0v) is 6.21. The minimum Gasteiger partial charge on any atom is -0.483 e. The second-order valence-corrected chi connectivity index (χ2v) is 1.74. The van der Waals surface area contributed by atoms with Crippen molar-refractivity contribution in [3.8, 4) is 0 Å². The number of rotatable bonds is 6. The largest absolute Gasteiger partial charge is 0.483 e. The van der Waals surface area contributed by atoms with E-state index >= 15 is 0 Å². The summed E-state index contributed by atoms with van der Waals surface area (Å²) < 4.78 is 4.93. The third-order valence-corrected chi connectivity index (χ3v) is 0.882. The fourth-order valence-corrected chi connectivity index (χ4v) is 0.415. The maximum absolute atomic E-state index is 8.13. The van der Waals surface area contributed by atoms with Gasteiger partial charge in [0.1, 0.15) is 0 Å². The molecule has 0 aromatic carbocycles. The Morgan fingerprint density at radius 2 is 2.50 bits per heavy atom. The van der Waals surface area contributed by atoms with Crippen LogP contribution in [0.2, 0.25) is 0 Å². The number of nitrogens with zero attached hydrogens (tertiary/aromatic N) is 1. The first-order chi connectivity index (χ1) is 4.91. The Morgan fingerprint density at radius 1 is 1.70 bits per heavy atom. The van der Waals surface area contributed by atoms with E-state index in [2.05, 4.69) is 4.99 Å². The lowest BCUT2D eigenvalue weighted by Crippen LogP contribution is -2.10. The summed E-state index contributed by atoms with van der Waals surface area (Å²) in [7, 11) is 0. The molecule has 0 unspecified atom stereocenters. The lowest BCUT2D eigenvalue weighted by atomic mass is 10.5. The summed E-state index contributed by atoms with van der Waals surface area (Å²) in [6.45, 7) is 3.84. The topological polar surface area (TPSA) is 53.8 Å². The third-order valence-electron chi connectivity index (χ3n) is 0.882. The number of hydrogen-bond acceptors (Lipinski definition) is 4. The molecule has 0 saturated carbocycles. The molecule has 10 heavy (non-hydrogen) atoms. The predicted molar refractivity (Wildman–Crippen MR) is 39.4 cm³/mol. The molecule has 0 atom stereocenters. The van der Waals surface area contributed by atoms with Gasteiger partial charge in [0, 0.05) is 13.1 Å². The molecule has 0 fully saturated rings. The molecule has 0 spiro atoms. The van der Waals surface area contributed by atoms with E-state index in [1.54, 1.807) is 0 Å². The quantitative estimate of drug-likeness (QED) is 0.247. The molecule has 4 nitrogen and oxygen atoms in total. The number of nitrogens with one attached hydrogen (secondary N) is 1. The average molecular weight is 146 g/mol. The minimum atomic E-state index is 0.556. The van der Waals surface area contributed by atoms with Gasteiger partial charge in [-0.05, 0) is 13.3 Å². The number of aliphatic imine (C=N–C) groups is 1. The Morgan fingerprint density at radius 3 is 3.10 bits per heavy atom. The van der Waals surface area contributed by atoms with Crippen molar-refractivity contribution in [3.63, 3.8) is 0 Å². The first-order valence-corrected chi connectivity index (χ1v) is 3.38. The van der Waals surface area contributed by atoms with Gasteiger partial charge in [-0.25, -0.2) is 5.48 Å². The van der Waals surface area contributed by atoms with E-state index in [9.17, 15) is 0 Å². The van der Waals surface area contributed by atoms with Crippen LogP contribution in [0.3, 0.4) is 0 Å². The van der Waals surface area contributed by atoms with Crippen LogP contribution in [0.4, 0.5) is 0 Å². The Balaban J connectivity index is 2.83. The van der Waals surface area contributed by atoms with Crippen molar-refractivity contribution in [3.05, 3.63) is 0 Å². The van der Waals surface area contributed by atoms with Crippen LogP contribution in [-0.4, -0.2) is 31.3 Å². The molecule has 0 rings (SSSR count). The molecular formula is C6H14N2O2. The van der Waals surface area contributed by atoms with Gasteiger partial charge in [0.15, 0.2) is 6.40 Å². The average Bonchev–Trinajstić information content (AvgIpc) is 1.97. The normalized spacial score (nSPS) is 10.6. The first kappa shape index (κ1) is 9.39. The summed E-state index contributed by atoms with van der Waals surface area (Å²) in [4.78, 5) is 3.84. The van der Waals surface area contributed by atoms with Crippen LogP contribution >= 0.6 is 0 Å². The molecule has 0 bridgehead atoms. The van der Waals surface area contributed by atoms with E-state index < -0.39 is 0 Å². The van der Waals surface area contributed by atoms with Crippen molar-refractivity contribution in [1.82, 2.24) is 5.48 Å². The summed E-state index contributed by atoms with van der Waals surface area (Å²) in [5.41, 5.74) is 2.03. The second kappa shape index (κ2) is 8.39. The molecule has 0 aliphatic carbocycles. The summed E-state index contributed by atoms with van der Waals surface area (Å²) in [6.07, 6.45) is 2.23. The molecule has 0 aliphatic heterocycles. The predicted octanol–water partition coefficient (Wildman–Crippen LogP) is 0.420. The van der Waals surface area contributed by atoms with Gasteiger partial charge in [-0.2, -0.15) is 0 Å². The molecule has 4 heteroatoms. The molecule has 0 heterocycles. The molecule has 0 radical (unpaired) electrons. The standard InChI is InChI=1S/C6H14N2O2/c1-2-7-6-10-5-3-4-8-9/h6,8-9H,2-5H2,1H3. The van der Waals surface area contributed by atoms with Crippen molar-refractivity contribution in [2.24, 2.45) is 4.99 Å². The van der Waals surface area contributed by atoms with Gasteiger partial charge in [-0.3, -0.25) is 4.99 Å². The third kappa shape index (κ3) is 7.39.